The molecule has 8 heteroatoms. The number of fused-ring (bicyclic) bond motifs is 1. The normalized spacial score (nSPS) is 11.1. The minimum Gasteiger partial charge on any atom is -0.463 e. The van der Waals surface area contributed by atoms with Crippen molar-refractivity contribution >= 4 is 35.3 Å². The Kier molecular flexibility index (Phi) is 4.85. The molecule has 0 aliphatic rings. The molecule has 0 aliphatic heterocycles. The van der Waals surface area contributed by atoms with Crippen molar-refractivity contribution in [3.63, 3.8) is 0 Å². The van der Waals surface area contributed by atoms with Gasteiger partial charge in [-0.15, -0.1) is 0 Å². The van der Waals surface area contributed by atoms with E-state index in [1.165, 1.54) is 31.4 Å². The monoisotopic (exact) mass is 360 g/mol. The van der Waals surface area contributed by atoms with Crippen molar-refractivity contribution in [2.75, 3.05) is 7.11 Å². The van der Waals surface area contributed by atoms with E-state index in [9.17, 15) is 9.59 Å². The van der Waals surface area contributed by atoms with Gasteiger partial charge in [-0.3, -0.25) is 4.40 Å². The predicted octanol–water partition coefficient (Wildman–Crippen LogP) is 3.12. The van der Waals surface area contributed by atoms with E-state index in [0.717, 1.165) is 0 Å². The molecular formula is C17H13ClN2O5. The minimum atomic E-state index is -0.597. The fourth-order valence-electron chi connectivity index (χ4n) is 2.14. The Hall–Kier alpha value is -3.06. The van der Waals surface area contributed by atoms with Crippen LogP contribution in [0.1, 0.15) is 22.0 Å². The maximum absolute atomic E-state index is 11.8. The number of nitrogens with zero attached hydrogens (tertiary/aromatic N) is 2. The second-order valence-electron chi connectivity index (χ2n) is 4.92. The number of carbonyl (C=O) groups is 2. The molecule has 0 bridgehead atoms. The van der Waals surface area contributed by atoms with E-state index in [-0.39, 0.29) is 17.5 Å². The minimum absolute atomic E-state index is 0.0432. The first-order valence-electron chi connectivity index (χ1n) is 7.23. The van der Waals surface area contributed by atoms with Gasteiger partial charge in [-0.2, -0.15) is 0 Å². The summed E-state index contributed by atoms with van der Waals surface area (Å²) in [7, 11) is 1.25. The molecule has 25 heavy (non-hydrogen) atoms. The van der Waals surface area contributed by atoms with E-state index >= 15 is 0 Å². The second kappa shape index (κ2) is 7.23. The van der Waals surface area contributed by atoms with Crippen molar-refractivity contribution in [3.05, 3.63) is 65.0 Å². The maximum Gasteiger partial charge on any atom is 0.373 e. The first-order chi connectivity index (χ1) is 12.1. The third kappa shape index (κ3) is 3.72. The van der Waals surface area contributed by atoms with Crippen LogP contribution in [0.5, 0.6) is 0 Å². The summed E-state index contributed by atoms with van der Waals surface area (Å²) >= 11 is 6.08. The maximum atomic E-state index is 11.8. The number of esters is 2. The van der Waals surface area contributed by atoms with Crippen molar-refractivity contribution in [2.24, 2.45) is 0 Å². The van der Waals surface area contributed by atoms with Gasteiger partial charge in [0.25, 0.3) is 0 Å². The number of hydrogen-bond acceptors (Lipinski definition) is 6. The standard InChI is InChI=1S/C17H13ClN2O5/c1-23-17(22)13-7-5-11(25-13)10-24-15(21)8-6-12-16(18)19-14-4-2-3-9-20(12)14/h2-9H,10H2,1H3/b8-6+. The SMILES string of the molecule is COC(=O)c1ccc(COC(=O)/C=C/c2c(Cl)nc3ccccn23)o1. The summed E-state index contributed by atoms with van der Waals surface area (Å²) in [5.41, 5.74) is 1.24. The van der Waals surface area contributed by atoms with Crippen molar-refractivity contribution < 1.29 is 23.5 Å². The molecule has 0 spiro atoms. The zero-order valence-electron chi connectivity index (χ0n) is 13.1. The quantitative estimate of drug-likeness (QED) is 0.513. The number of aromatic nitrogens is 2. The average molecular weight is 361 g/mol. The Bertz CT molecular complexity index is 957. The summed E-state index contributed by atoms with van der Waals surface area (Å²) in [6.45, 7) is -0.110. The van der Waals surface area contributed by atoms with E-state index in [0.29, 0.717) is 17.1 Å². The van der Waals surface area contributed by atoms with Gasteiger partial charge < -0.3 is 13.9 Å². The van der Waals surface area contributed by atoms with Crippen LogP contribution in [0.4, 0.5) is 0 Å². The zero-order valence-corrected chi connectivity index (χ0v) is 13.9. The summed E-state index contributed by atoms with van der Waals surface area (Å²) in [5, 5.41) is 0.281. The summed E-state index contributed by atoms with van der Waals surface area (Å²) in [6.07, 6.45) is 4.55. The van der Waals surface area contributed by atoms with Gasteiger partial charge in [0, 0.05) is 12.3 Å². The van der Waals surface area contributed by atoms with Gasteiger partial charge in [0.15, 0.2) is 5.15 Å². The van der Waals surface area contributed by atoms with Crippen molar-refractivity contribution in [1.82, 2.24) is 9.38 Å². The van der Waals surface area contributed by atoms with Crippen molar-refractivity contribution in [2.45, 2.75) is 6.61 Å². The molecule has 0 radical (unpaired) electrons. The highest BCUT2D eigenvalue weighted by Crippen LogP contribution is 2.19. The number of ether oxygens (including phenoxy) is 2. The number of halogens is 1. The van der Waals surface area contributed by atoms with E-state index in [4.69, 9.17) is 20.8 Å². The number of carbonyl (C=O) groups excluding carboxylic acids is 2. The van der Waals surface area contributed by atoms with Gasteiger partial charge >= 0.3 is 11.9 Å². The predicted molar refractivity (Wildman–Crippen MR) is 89.1 cm³/mol. The lowest BCUT2D eigenvalue weighted by Gasteiger charge is -1.99. The van der Waals surface area contributed by atoms with Gasteiger partial charge in [0.05, 0.1) is 12.8 Å². The highest BCUT2D eigenvalue weighted by molar-refractivity contribution is 6.31. The number of imidazole rings is 1. The Morgan fingerprint density at radius 3 is 2.96 bits per heavy atom. The molecule has 0 saturated carbocycles. The molecule has 3 aromatic heterocycles. The van der Waals surface area contributed by atoms with Gasteiger partial charge in [-0.05, 0) is 30.3 Å². The van der Waals surface area contributed by atoms with Crippen LogP contribution in [-0.4, -0.2) is 28.4 Å². The smallest absolute Gasteiger partial charge is 0.373 e. The molecule has 0 fully saturated rings. The molecule has 7 nitrogen and oxygen atoms in total. The van der Waals surface area contributed by atoms with E-state index in [1.807, 2.05) is 12.1 Å². The third-order valence-corrected chi connectivity index (χ3v) is 3.58. The molecule has 0 atom stereocenters. The lowest BCUT2D eigenvalue weighted by atomic mass is 10.4. The van der Waals surface area contributed by atoms with E-state index < -0.39 is 11.9 Å². The molecule has 0 unspecified atom stereocenters. The number of furan rings is 1. The van der Waals surface area contributed by atoms with E-state index in [2.05, 4.69) is 9.72 Å². The van der Waals surface area contributed by atoms with E-state index in [1.54, 1.807) is 16.7 Å². The Balaban J connectivity index is 1.64. The first kappa shape index (κ1) is 16.8. The van der Waals surface area contributed by atoms with Gasteiger partial charge in [0.1, 0.15) is 18.0 Å². The fraction of sp³-hybridized carbons (Fsp3) is 0.118. The summed E-state index contributed by atoms with van der Waals surface area (Å²) in [5.74, 6) is -0.811. The lowest BCUT2D eigenvalue weighted by Crippen LogP contribution is -2.01. The molecule has 0 saturated heterocycles. The Morgan fingerprint density at radius 2 is 2.16 bits per heavy atom. The molecule has 3 aromatic rings. The van der Waals surface area contributed by atoms with Crippen LogP contribution in [0, 0.1) is 0 Å². The molecule has 3 heterocycles. The molecule has 0 amide bonds. The highest BCUT2D eigenvalue weighted by Gasteiger charge is 2.12. The summed E-state index contributed by atoms with van der Waals surface area (Å²) in [6, 6.07) is 8.45. The molecule has 0 aromatic carbocycles. The molecule has 0 aliphatic carbocycles. The van der Waals surface area contributed by atoms with Crippen LogP contribution in [0.3, 0.4) is 0 Å². The molecule has 128 valence electrons. The zero-order chi connectivity index (χ0) is 17.8. The number of methoxy groups -OCH3 is 1. The van der Waals surface area contributed by atoms with Crippen molar-refractivity contribution in [1.29, 1.82) is 0 Å². The van der Waals surface area contributed by atoms with Crippen LogP contribution in [-0.2, 0) is 20.9 Å². The number of rotatable bonds is 5. The van der Waals surface area contributed by atoms with Gasteiger partial charge in [-0.25, -0.2) is 14.6 Å². The van der Waals surface area contributed by atoms with Crippen LogP contribution in [0.15, 0.2) is 47.0 Å². The number of hydrogen-bond donors (Lipinski definition) is 0. The first-order valence-corrected chi connectivity index (χ1v) is 7.60. The van der Waals surface area contributed by atoms with Crippen LogP contribution in [0.2, 0.25) is 5.15 Å². The topological polar surface area (TPSA) is 83.0 Å². The van der Waals surface area contributed by atoms with Crippen LogP contribution in [0.25, 0.3) is 11.7 Å². The Morgan fingerprint density at radius 1 is 1.32 bits per heavy atom. The van der Waals surface area contributed by atoms with Crippen LogP contribution < -0.4 is 0 Å². The van der Waals surface area contributed by atoms with Crippen LogP contribution >= 0.6 is 11.6 Å². The lowest BCUT2D eigenvalue weighted by molar-refractivity contribution is -0.139. The largest absolute Gasteiger partial charge is 0.463 e. The fourth-order valence-corrected chi connectivity index (χ4v) is 2.38. The number of pyridine rings is 1. The second-order valence-corrected chi connectivity index (χ2v) is 5.27. The molecule has 0 N–H and O–H groups in total. The Labute approximate surface area is 147 Å². The molecule has 3 rings (SSSR count). The molecular weight excluding hydrogens is 348 g/mol. The third-order valence-electron chi connectivity index (χ3n) is 3.30. The van der Waals surface area contributed by atoms with Gasteiger partial charge in [0.2, 0.25) is 5.76 Å². The summed E-state index contributed by atoms with van der Waals surface area (Å²) in [4.78, 5) is 27.3. The van der Waals surface area contributed by atoms with Gasteiger partial charge in [-0.1, -0.05) is 17.7 Å². The highest BCUT2D eigenvalue weighted by atomic mass is 35.5. The van der Waals surface area contributed by atoms with Crippen molar-refractivity contribution in [3.8, 4) is 0 Å². The summed E-state index contributed by atoms with van der Waals surface area (Å²) < 4.78 is 16.5. The average Bonchev–Trinajstić information content (AvgIpc) is 3.21.